The first-order valence-corrected chi connectivity index (χ1v) is 7.19. The van der Waals surface area contributed by atoms with E-state index >= 15 is 0 Å². The molecule has 0 spiro atoms. The van der Waals surface area contributed by atoms with Gasteiger partial charge in [-0.05, 0) is 43.5 Å². The molecule has 0 bridgehead atoms. The summed E-state index contributed by atoms with van der Waals surface area (Å²) in [4.78, 5) is 23.0. The van der Waals surface area contributed by atoms with Gasteiger partial charge in [0.2, 0.25) is 0 Å². The van der Waals surface area contributed by atoms with E-state index in [1.807, 2.05) is 0 Å². The Balaban J connectivity index is 2.35. The molecule has 21 heavy (non-hydrogen) atoms. The molecule has 0 heterocycles. The number of carbonyl (C=O) groups excluding carboxylic acids is 2. The molecule has 1 aromatic carbocycles. The Kier molecular flexibility index (Phi) is 7.29. The fraction of sp³-hybridized carbons (Fsp3) is 0.500. The summed E-state index contributed by atoms with van der Waals surface area (Å²) in [5.41, 5.74) is 0.464. The maximum absolute atomic E-state index is 11.5. The number of esters is 1. The van der Waals surface area contributed by atoms with Gasteiger partial charge in [-0.25, -0.2) is 4.79 Å². The SMILES string of the molecule is CCOC(=O)c1ccc(OCC(=O)NCCC(C)C)cc1. The van der Waals surface area contributed by atoms with E-state index in [4.69, 9.17) is 9.47 Å². The lowest BCUT2D eigenvalue weighted by atomic mass is 10.1. The zero-order valence-corrected chi connectivity index (χ0v) is 12.8. The van der Waals surface area contributed by atoms with Crippen LogP contribution in [0.3, 0.4) is 0 Å². The molecule has 0 aliphatic heterocycles. The van der Waals surface area contributed by atoms with Crippen LogP contribution in [-0.4, -0.2) is 31.6 Å². The van der Waals surface area contributed by atoms with Crippen molar-refractivity contribution in [2.75, 3.05) is 19.8 Å². The summed E-state index contributed by atoms with van der Waals surface area (Å²) in [6.45, 7) is 6.93. The van der Waals surface area contributed by atoms with Gasteiger partial charge in [0.1, 0.15) is 5.75 Å². The van der Waals surface area contributed by atoms with Gasteiger partial charge in [-0.1, -0.05) is 13.8 Å². The van der Waals surface area contributed by atoms with Gasteiger partial charge in [0.05, 0.1) is 12.2 Å². The molecule has 5 nitrogen and oxygen atoms in total. The predicted octanol–water partition coefficient (Wildman–Crippen LogP) is 2.40. The zero-order valence-electron chi connectivity index (χ0n) is 12.8. The summed E-state index contributed by atoms with van der Waals surface area (Å²) < 4.78 is 10.2. The Hall–Kier alpha value is -2.04. The van der Waals surface area contributed by atoms with Crippen molar-refractivity contribution < 1.29 is 19.1 Å². The normalized spacial score (nSPS) is 10.3. The summed E-state index contributed by atoms with van der Waals surface area (Å²) in [6, 6.07) is 6.52. The number of ether oxygens (including phenoxy) is 2. The average molecular weight is 293 g/mol. The largest absolute Gasteiger partial charge is 0.484 e. The van der Waals surface area contributed by atoms with Crippen molar-refractivity contribution in [1.82, 2.24) is 5.32 Å². The van der Waals surface area contributed by atoms with E-state index in [0.717, 1.165) is 6.42 Å². The van der Waals surface area contributed by atoms with E-state index < -0.39 is 0 Å². The summed E-state index contributed by atoms with van der Waals surface area (Å²) in [5.74, 6) is 0.587. The Morgan fingerprint density at radius 2 is 1.86 bits per heavy atom. The minimum absolute atomic E-state index is 0.0309. The fourth-order valence-electron chi connectivity index (χ4n) is 1.60. The van der Waals surface area contributed by atoms with E-state index in [1.54, 1.807) is 31.2 Å². The van der Waals surface area contributed by atoms with E-state index in [2.05, 4.69) is 19.2 Å². The second kappa shape index (κ2) is 9.00. The Labute approximate surface area is 125 Å². The second-order valence-electron chi connectivity index (χ2n) is 5.07. The summed E-state index contributed by atoms with van der Waals surface area (Å²) in [5, 5.41) is 2.79. The van der Waals surface area contributed by atoms with Gasteiger partial charge in [0.15, 0.2) is 6.61 Å². The molecule has 0 atom stereocenters. The van der Waals surface area contributed by atoms with Crippen LogP contribution in [0.4, 0.5) is 0 Å². The quantitative estimate of drug-likeness (QED) is 0.748. The molecule has 1 amide bonds. The van der Waals surface area contributed by atoms with Gasteiger partial charge >= 0.3 is 5.97 Å². The van der Waals surface area contributed by atoms with Crippen molar-refractivity contribution in [3.05, 3.63) is 29.8 Å². The fourth-order valence-corrected chi connectivity index (χ4v) is 1.60. The van der Waals surface area contributed by atoms with E-state index in [-0.39, 0.29) is 18.5 Å². The van der Waals surface area contributed by atoms with Gasteiger partial charge in [0, 0.05) is 6.54 Å². The molecule has 1 rings (SSSR count). The molecule has 0 aliphatic rings. The standard InChI is InChI=1S/C16H23NO4/c1-4-20-16(19)13-5-7-14(8-6-13)21-11-15(18)17-10-9-12(2)3/h5-8,12H,4,9-11H2,1-3H3,(H,17,18). The first-order chi connectivity index (χ1) is 10.0. The van der Waals surface area contributed by atoms with Crippen LogP contribution in [0.15, 0.2) is 24.3 Å². The van der Waals surface area contributed by atoms with Gasteiger partial charge < -0.3 is 14.8 Å². The Bertz CT molecular complexity index is 454. The first kappa shape index (κ1) is 17.0. The number of hydrogen-bond donors (Lipinski definition) is 1. The molecule has 5 heteroatoms. The highest BCUT2D eigenvalue weighted by Gasteiger charge is 2.07. The molecular formula is C16H23NO4. The van der Waals surface area contributed by atoms with Crippen LogP contribution < -0.4 is 10.1 Å². The van der Waals surface area contributed by atoms with E-state index in [0.29, 0.717) is 30.4 Å². The van der Waals surface area contributed by atoms with Crippen LogP contribution in [0.5, 0.6) is 5.75 Å². The summed E-state index contributed by atoms with van der Waals surface area (Å²) in [7, 11) is 0. The lowest BCUT2D eigenvalue weighted by molar-refractivity contribution is -0.123. The van der Waals surface area contributed by atoms with Crippen LogP contribution in [0.25, 0.3) is 0 Å². The maximum atomic E-state index is 11.5. The molecule has 0 saturated heterocycles. The van der Waals surface area contributed by atoms with Gasteiger partial charge in [-0.2, -0.15) is 0 Å². The third-order valence-corrected chi connectivity index (χ3v) is 2.78. The molecule has 0 unspecified atom stereocenters. The van der Waals surface area contributed by atoms with Gasteiger partial charge in [-0.15, -0.1) is 0 Å². The van der Waals surface area contributed by atoms with Crippen LogP contribution in [0.1, 0.15) is 37.6 Å². The van der Waals surface area contributed by atoms with Gasteiger partial charge in [0.25, 0.3) is 5.91 Å². The molecule has 116 valence electrons. The van der Waals surface area contributed by atoms with Crippen LogP contribution in [0, 0.1) is 5.92 Å². The first-order valence-electron chi connectivity index (χ1n) is 7.19. The molecular weight excluding hydrogens is 270 g/mol. The Morgan fingerprint density at radius 3 is 2.43 bits per heavy atom. The number of rotatable bonds is 8. The Morgan fingerprint density at radius 1 is 1.19 bits per heavy atom. The monoisotopic (exact) mass is 293 g/mol. The second-order valence-corrected chi connectivity index (χ2v) is 5.07. The zero-order chi connectivity index (χ0) is 15.7. The van der Waals surface area contributed by atoms with Crippen molar-refractivity contribution in [1.29, 1.82) is 0 Å². The van der Waals surface area contributed by atoms with Crippen molar-refractivity contribution in [3.63, 3.8) is 0 Å². The van der Waals surface area contributed by atoms with Crippen molar-refractivity contribution >= 4 is 11.9 Å². The summed E-state index contributed by atoms with van der Waals surface area (Å²) >= 11 is 0. The number of nitrogens with one attached hydrogen (secondary N) is 1. The van der Waals surface area contributed by atoms with Crippen molar-refractivity contribution in [3.8, 4) is 5.75 Å². The highest BCUT2D eigenvalue weighted by Crippen LogP contribution is 2.12. The number of hydrogen-bond acceptors (Lipinski definition) is 4. The van der Waals surface area contributed by atoms with Crippen molar-refractivity contribution in [2.45, 2.75) is 27.2 Å². The molecule has 0 saturated carbocycles. The smallest absolute Gasteiger partial charge is 0.338 e. The molecule has 1 aromatic rings. The minimum atomic E-state index is -0.365. The lowest BCUT2D eigenvalue weighted by Crippen LogP contribution is -2.30. The topological polar surface area (TPSA) is 64.6 Å². The van der Waals surface area contributed by atoms with Crippen LogP contribution in [-0.2, 0) is 9.53 Å². The number of carbonyl (C=O) groups is 2. The molecule has 0 radical (unpaired) electrons. The lowest BCUT2D eigenvalue weighted by Gasteiger charge is -2.09. The highest BCUT2D eigenvalue weighted by molar-refractivity contribution is 5.89. The minimum Gasteiger partial charge on any atom is -0.484 e. The van der Waals surface area contributed by atoms with Crippen LogP contribution >= 0.6 is 0 Å². The van der Waals surface area contributed by atoms with E-state index in [1.165, 1.54) is 0 Å². The number of benzene rings is 1. The third-order valence-electron chi connectivity index (χ3n) is 2.78. The molecule has 0 aliphatic carbocycles. The predicted molar refractivity (Wildman–Crippen MR) is 80.4 cm³/mol. The number of amides is 1. The van der Waals surface area contributed by atoms with Crippen molar-refractivity contribution in [2.24, 2.45) is 5.92 Å². The third kappa shape index (κ3) is 6.79. The maximum Gasteiger partial charge on any atom is 0.338 e. The molecule has 1 N–H and O–H groups in total. The van der Waals surface area contributed by atoms with E-state index in [9.17, 15) is 9.59 Å². The molecule has 0 fully saturated rings. The molecule has 0 aromatic heterocycles. The van der Waals surface area contributed by atoms with Gasteiger partial charge in [-0.3, -0.25) is 4.79 Å². The summed E-state index contributed by atoms with van der Waals surface area (Å²) in [6.07, 6.45) is 0.944. The van der Waals surface area contributed by atoms with Crippen LogP contribution in [0.2, 0.25) is 0 Å². The average Bonchev–Trinajstić information content (AvgIpc) is 2.45. The highest BCUT2D eigenvalue weighted by atomic mass is 16.5.